The Hall–Kier alpha value is -2.28. The van der Waals surface area contributed by atoms with Crippen molar-refractivity contribution in [2.24, 2.45) is 7.05 Å². The van der Waals surface area contributed by atoms with E-state index in [9.17, 15) is 9.90 Å². The van der Waals surface area contributed by atoms with Gasteiger partial charge in [0.1, 0.15) is 11.6 Å². The number of aromatic nitrogens is 1. The zero-order chi connectivity index (χ0) is 13.2. The van der Waals surface area contributed by atoms with Crippen LogP contribution in [0.4, 0.5) is 0 Å². The Bertz CT molecular complexity index is 684. The number of allylic oxidation sites excluding steroid dienone is 2. The second-order valence-corrected chi connectivity index (χ2v) is 3.98. The summed E-state index contributed by atoms with van der Waals surface area (Å²) in [6.45, 7) is 7.47. The highest BCUT2D eigenvalue weighted by atomic mass is 16.3. The molecule has 0 spiro atoms. The summed E-state index contributed by atoms with van der Waals surface area (Å²) in [5, 5.41) is 19.1. The summed E-state index contributed by atoms with van der Waals surface area (Å²) in [7, 11) is 1.41. The average Bonchev–Trinajstić information content (AvgIpc) is 2.26. The van der Waals surface area contributed by atoms with Crippen molar-refractivity contribution in [3.05, 3.63) is 38.0 Å². The molecule has 0 saturated carbocycles. The fourth-order valence-corrected chi connectivity index (χ4v) is 1.38. The quantitative estimate of drug-likeness (QED) is 0.745. The van der Waals surface area contributed by atoms with Crippen LogP contribution in [0.5, 0.6) is 5.88 Å². The lowest BCUT2D eigenvalue weighted by atomic mass is 10.2. The molecule has 0 fully saturated rings. The zero-order valence-corrected chi connectivity index (χ0v) is 10.1. The first-order chi connectivity index (χ1) is 7.90. The van der Waals surface area contributed by atoms with Gasteiger partial charge in [-0.1, -0.05) is 18.2 Å². The SMILES string of the molecule is C=c1c(C#N)c(O)n(C)c(=O)/c1=C\C=C(C)C. The highest BCUT2D eigenvalue weighted by Gasteiger charge is 2.09. The fraction of sp³-hybridized carbons (Fsp3) is 0.231. The highest BCUT2D eigenvalue weighted by molar-refractivity contribution is 5.46. The van der Waals surface area contributed by atoms with Crippen LogP contribution in [0, 0.1) is 11.3 Å². The van der Waals surface area contributed by atoms with Crippen LogP contribution >= 0.6 is 0 Å². The van der Waals surface area contributed by atoms with Gasteiger partial charge in [0.05, 0.1) is 0 Å². The number of hydrogen-bond donors (Lipinski definition) is 1. The predicted octanol–water partition coefficient (Wildman–Crippen LogP) is 0.120. The maximum absolute atomic E-state index is 11.9. The zero-order valence-electron chi connectivity index (χ0n) is 10.1. The lowest BCUT2D eigenvalue weighted by Crippen LogP contribution is -2.44. The van der Waals surface area contributed by atoms with Crippen LogP contribution in [-0.4, -0.2) is 9.67 Å². The van der Waals surface area contributed by atoms with Crippen LogP contribution in [0.15, 0.2) is 16.4 Å². The summed E-state index contributed by atoms with van der Waals surface area (Å²) >= 11 is 0. The van der Waals surface area contributed by atoms with E-state index in [0.717, 1.165) is 10.1 Å². The number of pyridine rings is 1. The van der Waals surface area contributed by atoms with Gasteiger partial charge in [0.25, 0.3) is 5.56 Å². The lowest BCUT2D eigenvalue weighted by molar-refractivity contribution is 0.420. The van der Waals surface area contributed by atoms with Gasteiger partial charge in [-0.25, -0.2) is 0 Å². The Morgan fingerprint density at radius 2 is 2.12 bits per heavy atom. The molecule has 0 atom stereocenters. The maximum Gasteiger partial charge on any atom is 0.260 e. The normalized spacial score (nSPS) is 11.1. The van der Waals surface area contributed by atoms with E-state index in [1.54, 1.807) is 12.2 Å². The van der Waals surface area contributed by atoms with Gasteiger partial charge in [-0.3, -0.25) is 9.36 Å². The minimum absolute atomic E-state index is 0.0282. The molecule has 88 valence electrons. The standard InChI is InChI=1S/C13H14N2O2/c1-8(2)5-6-10-9(3)11(7-14)13(17)15(4)12(10)16/h5-6,17H,3H2,1-2,4H3/b10-6-. The summed E-state index contributed by atoms with van der Waals surface area (Å²) < 4.78 is 1.04. The third kappa shape index (κ3) is 2.28. The first-order valence-corrected chi connectivity index (χ1v) is 5.06. The van der Waals surface area contributed by atoms with Gasteiger partial charge in [0, 0.05) is 17.5 Å². The second kappa shape index (κ2) is 4.71. The van der Waals surface area contributed by atoms with E-state index in [4.69, 9.17) is 5.26 Å². The van der Waals surface area contributed by atoms with Gasteiger partial charge in [0.2, 0.25) is 5.88 Å². The average molecular weight is 230 g/mol. The molecule has 0 aromatic carbocycles. The molecule has 1 aromatic heterocycles. The molecule has 1 N–H and O–H groups in total. The van der Waals surface area contributed by atoms with E-state index < -0.39 is 0 Å². The van der Waals surface area contributed by atoms with Crippen molar-refractivity contribution in [2.45, 2.75) is 13.8 Å². The van der Waals surface area contributed by atoms with E-state index in [1.807, 2.05) is 19.9 Å². The molecule has 4 heteroatoms. The van der Waals surface area contributed by atoms with Crippen molar-refractivity contribution >= 4 is 12.7 Å². The minimum atomic E-state index is -0.371. The maximum atomic E-state index is 11.9. The van der Waals surface area contributed by atoms with E-state index in [0.29, 0.717) is 5.22 Å². The Balaban J connectivity index is 3.90. The Kier molecular flexibility index (Phi) is 3.54. The van der Waals surface area contributed by atoms with Crippen molar-refractivity contribution in [3.63, 3.8) is 0 Å². The largest absolute Gasteiger partial charge is 0.493 e. The molecule has 0 aliphatic carbocycles. The first kappa shape index (κ1) is 12.8. The van der Waals surface area contributed by atoms with Crippen molar-refractivity contribution in [1.29, 1.82) is 5.26 Å². The van der Waals surface area contributed by atoms with Crippen molar-refractivity contribution in [1.82, 2.24) is 4.57 Å². The molecule has 0 bridgehead atoms. The molecule has 0 aliphatic heterocycles. The highest BCUT2D eigenvalue weighted by Crippen LogP contribution is 2.04. The van der Waals surface area contributed by atoms with Crippen LogP contribution in [0.1, 0.15) is 19.4 Å². The van der Waals surface area contributed by atoms with Gasteiger partial charge >= 0.3 is 0 Å². The number of rotatable bonds is 1. The van der Waals surface area contributed by atoms with E-state index in [1.165, 1.54) is 7.05 Å². The third-order valence-corrected chi connectivity index (χ3v) is 2.40. The summed E-state index contributed by atoms with van der Waals surface area (Å²) in [6, 6.07) is 1.85. The number of nitrogens with zero attached hydrogens (tertiary/aromatic N) is 2. The van der Waals surface area contributed by atoms with Gasteiger partial charge in [-0.15, -0.1) is 0 Å². The van der Waals surface area contributed by atoms with Gasteiger partial charge in [-0.2, -0.15) is 5.26 Å². The molecule has 0 saturated heterocycles. The topological polar surface area (TPSA) is 66.0 Å². The molecular formula is C13H14N2O2. The summed E-state index contributed by atoms with van der Waals surface area (Å²) in [6.07, 6.45) is 3.38. The number of aromatic hydroxyl groups is 1. The predicted molar refractivity (Wildman–Crippen MR) is 66.7 cm³/mol. The minimum Gasteiger partial charge on any atom is -0.493 e. The van der Waals surface area contributed by atoms with Crippen LogP contribution in [-0.2, 0) is 7.05 Å². The molecule has 17 heavy (non-hydrogen) atoms. The molecular weight excluding hydrogens is 216 g/mol. The molecule has 0 aliphatic rings. The molecule has 1 rings (SSSR count). The van der Waals surface area contributed by atoms with E-state index in [-0.39, 0.29) is 22.2 Å². The number of hydrogen-bond acceptors (Lipinski definition) is 3. The molecule has 1 aromatic rings. The fourth-order valence-electron chi connectivity index (χ4n) is 1.38. The second-order valence-electron chi connectivity index (χ2n) is 3.98. The molecule has 0 amide bonds. The summed E-state index contributed by atoms with van der Waals surface area (Å²) in [5.41, 5.74) is 0.683. The van der Waals surface area contributed by atoms with Gasteiger partial charge < -0.3 is 5.11 Å². The molecule has 0 unspecified atom stereocenters. The third-order valence-electron chi connectivity index (χ3n) is 2.40. The van der Waals surface area contributed by atoms with Gasteiger partial charge in [-0.05, 0) is 19.9 Å². The van der Waals surface area contributed by atoms with Crippen LogP contribution < -0.4 is 16.0 Å². The Labute approximate surface area is 99.1 Å². The Morgan fingerprint density at radius 3 is 2.59 bits per heavy atom. The van der Waals surface area contributed by atoms with Crippen LogP contribution in [0.3, 0.4) is 0 Å². The molecule has 4 nitrogen and oxygen atoms in total. The van der Waals surface area contributed by atoms with E-state index >= 15 is 0 Å². The van der Waals surface area contributed by atoms with E-state index in [2.05, 4.69) is 6.58 Å². The lowest BCUT2D eigenvalue weighted by Gasteiger charge is -2.03. The summed E-state index contributed by atoms with van der Waals surface area (Å²) in [4.78, 5) is 11.9. The van der Waals surface area contributed by atoms with Crippen LogP contribution in [0.2, 0.25) is 0 Å². The van der Waals surface area contributed by atoms with Gasteiger partial charge in [0.15, 0.2) is 0 Å². The first-order valence-electron chi connectivity index (χ1n) is 5.06. The number of nitriles is 1. The molecule has 0 radical (unpaired) electrons. The summed E-state index contributed by atoms with van der Waals surface area (Å²) in [5.74, 6) is -0.350. The Morgan fingerprint density at radius 1 is 1.53 bits per heavy atom. The van der Waals surface area contributed by atoms with Crippen molar-refractivity contribution in [3.8, 4) is 11.9 Å². The van der Waals surface area contributed by atoms with Crippen molar-refractivity contribution < 1.29 is 5.11 Å². The van der Waals surface area contributed by atoms with Crippen molar-refractivity contribution in [2.75, 3.05) is 0 Å². The monoisotopic (exact) mass is 230 g/mol. The van der Waals surface area contributed by atoms with Crippen LogP contribution in [0.25, 0.3) is 12.7 Å². The smallest absolute Gasteiger partial charge is 0.260 e. The molecule has 1 heterocycles.